The van der Waals surface area contributed by atoms with Crippen molar-refractivity contribution in [2.75, 3.05) is 109 Å². The van der Waals surface area contributed by atoms with Crippen LogP contribution in [0.5, 0.6) is 0 Å². The highest BCUT2D eigenvalue weighted by atomic mass is 28.3. The number of methoxy groups -OCH3 is 1. The molecule has 5 atom stereocenters. The molecule has 7 heterocycles. The number of hydrogen-bond acceptors (Lipinski definition) is 14. The first-order valence-electron chi connectivity index (χ1n) is 26.6. The van der Waals surface area contributed by atoms with Crippen molar-refractivity contribution in [3.8, 4) is 11.3 Å². The molecule has 2 amide bonds. The maximum atomic E-state index is 14.9. The van der Waals surface area contributed by atoms with Crippen LogP contribution in [0.25, 0.3) is 22.2 Å². The highest BCUT2D eigenvalue weighted by molar-refractivity contribution is 6.76. The summed E-state index contributed by atoms with van der Waals surface area (Å²) in [5.41, 5.74) is 9.82. The Kier molecular flexibility index (Phi) is 15.7. The summed E-state index contributed by atoms with van der Waals surface area (Å²) >= 11 is 0. The number of morpholine rings is 1. The third kappa shape index (κ3) is 11.3. The summed E-state index contributed by atoms with van der Waals surface area (Å²) in [6, 6.07) is 7.84. The van der Waals surface area contributed by atoms with Gasteiger partial charge in [-0.2, -0.15) is 0 Å². The number of aliphatic hydroxyl groups excluding tert-OH is 1. The van der Waals surface area contributed by atoms with E-state index in [9.17, 15) is 24.6 Å². The number of fused-ring (bicyclic) bond motifs is 1. The SMILES string of the molecule is CCn1c(-c2cc(N3CCN(C4CC4)CC3)cnc2[C@H](C)OC)c(CC(C)(C)CO)c2cc(N3CCO[C@@H]([C@H]([C@H](NC(=O)OCC[Si](C)(C)C)C(=O)N4CCC[C@@H](C(=O)O)N4)N4CC5(COC5)C4)C3)ccc21. The molecule has 3 aromatic rings. The van der Waals surface area contributed by atoms with Gasteiger partial charge in [0.25, 0.3) is 5.91 Å². The second kappa shape index (κ2) is 21.5. The van der Waals surface area contributed by atoms with Gasteiger partial charge in [-0.05, 0) is 87.2 Å². The molecule has 1 spiro atoms. The van der Waals surface area contributed by atoms with Gasteiger partial charge in [0.15, 0.2) is 0 Å². The van der Waals surface area contributed by atoms with E-state index in [2.05, 4.69) is 107 Å². The number of aromatic nitrogens is 2. The molecule has 2 aromatic heterocycles. The molecular weight excluding hydrogens is 935 g/mol. The second-order valence-electron chi connectivity index (χ2n) is 23.5. The standard InChI is InChI=1S/C53H81N9O9Si/c1-9-61-43-15-14-37(25-39(43)41(27-52(3,4)32-63)47(61)40-26-38(28-54-45(40)35(2)68-5)58-19-17-57(18-20-58)36-12-13-36)59-21-22-70-44(29-59)48(60-30-53(31-60)33-69-34-53)46(55-51(67)71-23-24-72(6,7)8)49(64)62-16-10-11-42(56-62)50(65)66/h14-15,25-26,28,35-36,42,44,46,48,56,63H,9-13,16-24,27,29-34H2,1-8H3,(H,55,67)(H,65,66)/t35-,42-,44+,46-,48+/m0/s1. The number of rotatable bonds is 19. The minimum atomic E-state index is -1.54. The molecule has 0 unspecified atom stereocenters. The zero-order chi connectivity index (χ0) is 51.1. The number of piperazine rings is 1. The molecule has 396 valence electrons. The predicted molar refractivity (Wildman–Crippen MR) is 280 cm³/mol. The highest BCUT2D eigenvalue weighted by Crippen LogP contribution is 2.44. The summed E-state index contributed by atoms with van der Waals surface area (Å²) in [6.45, 7) is 24.3. The fourth-order valence-electron chi connectivity index (χ4n) is 11.6. The Labute approximate surface area is 426 Å². The van der Waals surface area contributed by atoms with Crippen LogP contribution in [0.3, 0.4) is 0 Å². The van der Waals surface area contributed by atoms with Crippen molar-refractivity contribution < 1.29 is 43.5 Å². The molecule has 4 N–H and O–H groups in total. The van der Waals surface area contributed by atoms with Gasteiger partial charge in [-0.25, -0.2) is 10.2 Å². The van der Waals surface area contributed by atoms with Crippen LogP contribution >= 0.6 is 0 Å². The Morgan fingerprint density at radius 3 is 2.40 bits per heavy atom. The summed E-state index contributed by atoms with van der Waals surface area (Å²) in [7, 11) is 0.190. The van der Waals surface area contributed by atoms with Crippen molar-refractivity contribution >= 4 is 48.3 Å². The first-order chi connectivity index (χ1) is 34.4. The van der Waals surface area contributed by atoms with E-state index >= 15 is 0 Å². The first-order valence-corrected chi connectivity index (χ1v) is 30.3. The minimum absolute atomic E-state index is 0.00988. The number of aliphatic hydroxyl groups is 1. The van der Waals surface area contributed by atoms with Gasteiger partial charge in [0.1, 0.15) is 12.1 Å². The number of carbonyl (C=O) groups excluding carboxylic acids is 2. The van der Waals surface area contributed by atoms with Gasteiger partial charge < -0.3 is 48.8 Å². The topological polar surface area (TPSA) is 187 Å². The molecule has 18 nitrogen and oxygen atoms in total. The number of hydrazine groups is 1. The molecule has 9 rings (SSSR count). The smallest absolute Gasteiger partial charge is 0.407 e. The van der Waals surface area contributed by atoms with Crippen LogP contribution in [0, 0.1) is 10.8 Å². The zero-order valence-corrected chi connectivity index (χ0v) is 45.1. The molecule has 5 saturated heterocycles. The van der Waals surface area contributed by atoms with Gasteiger partial charge in [0, 0.05) is 121 Å². The summed E-state index contributed by atoms with van der Waals surface area (Å²) in [6.07, 6.45) is 4.63. The number of aliphatic carboxylic acids is 1. The van der Waals surface area contributed by atoms with Crippen molar-refractivity contribution in [2.24, 2.45) is 10.8 Å². The number of carboxylic acids is 1. The van der Waals surface area contributed by atoms with E-state index in [4.69, 9.17) is 23.9 Å². The third-order valence-electron chi connectivity index (χ3n) is 16.1. The summed E-state index contributed by atoms with van der Waals surface area (Å²) in [4.78, 5) is 55.8. The molecule has 1 saturated carbocycles. The molecule has 6 fully saturated rings. The molecule has 72 heavy (non-hydrogen) atoms. The Morgan fingerprint density at radius 1 is 1.01 bits per heavy atom. The Morgan fingerprint density at radius 2 is 1.76 bits per heavy atom. The Bertz CT molecular complexity index is 2420. The summed E-state index contributed by atoms with van der Waals surface area (Å²) in [5.74, 6) is -1.46. The van der Waals surface area contributed by atoms with E-state index in [0.29, 0.717) is 78.4 Å². The first kappa shape index (κ1) is 52.5. The molecule has 5 aliphatic heterocycles. The number of alkyl carbamates (subject to hydrolysis) is 1. The summed E-state index contributed by atoms with van der Waals surface area (Å²) < 4.78 is 26.6. The molecular formula is C53H81N9O9Si. The molecule has 0 bridgehead atoms. The number of anilines is 2. The molecule has 1 aromatic carbocycles. The van der Waals surface area contributed by atoms with Gasteiger partial charge in [-0.15, -0.1) is 0 Å². The molecule has 19 heteroatoms. The maximum Gasteiger partial charge on any atom is 0.407 e. The van der Waals surface area contributed by atoms with Crippen molar-refractivity contribution in [1.82, 2.24) is 35.1 Å². The second-order valence-corrected chi connectivity index (χ2v) is 29.1. The quantitative estimate of drug-likeness (QED) is 0.115. The van der Waals surface area contributed by atoms with E-state index in [0.717, 1.165) is 83.1 Å². The Balaban J connectivity index is 1.08. The number of hydrogen-bond donors (Lipinski definition) is 4. The lowest BCUT2D eigenvalue weighted by Crippen LogP contribution is -2.75. The number of likely N-dealkylation sites (tertiary alicyclic amines) is 1. The number of benzene rings is 1. The van der Waals surface area contributed by atoms with Crippen LogP contribution in [-0.2, 0) is 41.5 Å². The van der Waals surface area contributed by atoms with Gasteiger partial charge >= 0.3 is 12.1 Å². The number of carboxylic acid groups (broad SMARTS) is 1. The van der Waals surface area contributed by atoms with Crippen LogP contribution in [0.2, 0.25) is 25.7 Å². The largest absolute Gasteiger partial charge is 0.480 e. The zero-order valence-electron chi connectivity index (χ0n) is 44.1. The van der Waals surface area contributed by atoms with Gasteiger partial charge in [-0.1, -0.05) is 33.5 Å². The van der Waals surface area contributed by atoms with Crippen LogP contribution in [-0.4, -0.2) is 190 Å². The molecule has 0 radical (unpaired) electrons. The predicted octanol–water partition coefficient (Wildman–Crippen LogP) is 5.20. The fourth-order valence-corrected chi connectivity index (χ4v) is 12.3. The van der Waals surface area contributed by atoms with E-state index in [1.54, 1.807) is 7.11 Å². The van der Waals surface area contributed by atoms with E-state index < -0.39 is 55.7 Å². The monoisotopic (exact) mass is 1020 g/mol. The van der Waals surface area contributed by atoms with Crippen LogP contribution in [0.4, 0.5) is 16.2 Å². The lowest BCUT2D eigenvalue weighted by Gasteiger charge is -2.59. The summed E-state index contributed by atoms with van der Waals surface area (Å²) in [5, 5.41) is 26.3. The normalized spacial score (nSPS) is 23.4. The number of carbonyl (C=O) groups is 3. The van der Waals surface area contributed by atoms with Gasteiger partial charge in [-0.3, -0.25) is 29.4 Å². The van der Waals surface area contributed by atoms with Crippen LogP contribution < -0.4 is 20.5 Å². The number of amides is 2. The van der Waals surface area contributed by atoms with Crippen LogP contribution in [0.1, 0.15) is 70.7 Å². The number of aryl methyl sites for hydroxylation is 1. The van der Waals surface area contributed by atoms with E-state index in [-0.39, 0.29) is 24.7 Å². The van der Waals surface area contributed by atoms with Gasteiger partial charge in [0.05, 0.1) is 67.9 Å². The van der Waals surface area contributed by atoms with Crippen molar-refractivity contribution in [2.45, 2.75) is 128 Å². The third-order valence-corrected chi connectivity index (χ3v) is 17.8. The van der Waals surface area contributed by atoms with Crippen LogP contribution in [0.15, 0.2) is 30.5 Å². The lowest BCUT2D eigenvalue weighted by atomic mass is 9.75. The minimum Gasteiger partial charge on any atom is -0.480 e. The number of pyridine rings is 1. The maximum absolute atomic E-state index is 14.9. The molecule has 6 aliphatic rings. The number of nitrogens with one attached hydrogen (secondary N) is 2. The number of nitrogens with zero attached hydrogens (tertiary/aromatic N) is 7. The van der Waals surface area contributed by atoms with Crippen molar-refractivity contribution in [1.29, 1.82) is 0 Å². The Hall–Kier alpha value is -4.34. The average Bonchev–Trinajstić information content (AvgIpc) is 4.15. The fraction of sp³-hybridized carbons (Fsp3) is 0.698. The van der Waals surface area contributed by atoms with Crippen molar-refractivity contribution in [3.05, 3.63) is 41.7 Å². The van der Waals surface area contributed by atoms with Gasteiger partial charge in [0.2, 0.25) is 0 Å². The van der Waals surface area contributed by atoms with Crippen molar-refractivity contribution in [3.63, 3.8) is 0 Å². The lowest BCUT2D eigenvalue weighted by molar-refractivity contribution is -0.212. The molecule has 1 aliphatic carbocycles. The van der Waals surface area contributed by atoms with E-state index in [1.165, 1.54) is 17.9 Å². The number of ether oxygens (including phenoxy) is 4. The average molecular weight is 1020 g/mol. The highest BCUT2D eigenvalue weighted by Gasteiger charge is 2.56. The van der Waals surface area contributed by atoms with E-state index in [1.807, 2.05) is 6.20 Å².